The average Bonchev–Trinajstić information content (AvgIpc) is 3.00. The summed E-state index contributed by atoms with van der Waals surface area (Å²) in [6, 6.07) is 0. The van der Waals surface area contributed by atoms with Gasteiger partial charge in [-0.25, -0.2) is 8.42 Å². The van der Waals surface area contributed by atoms with Gasteiger partial charge in [0.25, 0.3) is 15.0 Å². The van der Waals surface area contributed by atoms with Crippen molar-refractivity contribution in [2.45, 2.75) is 38.0 Å². The summed E-state index contributed by atoms with van der Waals surface area (Å²) in [5.41, 5.74) is 0.275. The number of nitrogens with one attached hydrogen (secondary N) is 2. The normalized spacial score (nSPS) is 17.2. The summed E-state index contributed by atoms with van der Waals surface area (Å²) in [6.07, 6.45) is 3.17. The van der Waals surface area contributed by atoms with Crippen LogP contribution in [0, 0.1) is 12.3 Å². The molecule has 1 fully saturated rings. The van der Waals surface area contributed by atoms with Crippen molar-refractivity contribution in [3.05, 3.63) is 11.4 Å². The van der Waals surface area contributed by atoms with E-state index in [2.05, 4.69) is 22.4 Å². The van der Waals surface area contributed by atoms with E-state index in [0.29, 0.717) is 6.54 Å². The van der Waals surface area contributed by atoms with E-state index in [4.69, 9.17) is 10.7 Å². The first kappa shape index (κ1) is 14.3. The maximum atomic E-state index is 12.0. The molecule has 0 aromatic carbocycles. The van der Waals surface area contributed by atoms with Gasteiger partial charge in [-0.05, 0) is 31.6 Å². The standard InChI is InChI=1S/C11H16ClN3O3S/c1-3-11(4-5-11)6-13-10(16)8-9(19(12,17)18)7(2)14-15-8/h3-6H2,1-2H3,(H,13,16)(H,14,15). The van der Waals surface area contributed by atoms with E-state index in [9.17, 15) is 13.2 Å². The Kier molecular flexibility index (Phi) is 3.61. The molecule has 1 aromatic heterocycles. The lowest BCUT2D eigenvalue weighted by molar-refractivity contribution is 0.0936. The highest BCUT2D eigenvalue weighted by molar-refractivity contribution is 8.13. The van der Waals surface area contributed by atoms with Gasteiger partial charge >= 0.3 is 0 Å². The van der Waals surface area contributed by atoms with Crippen LogP contribution in [0.2, 0.25) is 0 Å². The number of aryl methyl sites for hydroxylation is 1. The van der Waals surface area contributed by atoms with Crippen LogP contribution in [0.3, 0.4) is 0 Å². The Morgan fingerprint density at radius 2 is 2.16 bits per heavy atom. The van der Waals surface area contributed by atoms with Gasteiger partial charge in [0.15, 0.2) is 5.69 Å². The molecule has 1 aliphatic carbocycles. The number of carbonyl (C=O) groups is 1. The Bertz CT molecular complexity index is 605. The quantitative estimate of drug-likeness (QED) is 0.808. The lowest BCUT2D eigenvalue weighted by Crippen LogP contribution is -2.31. The van der Waals surface area contributed by atoms with Gasteiger partial charge in [0, 0.05) is 17.2 Å². The van der Waals surface area contributed by atoms with Crippen LogP contribution in [0.5, 0.6) is 0 Å². The third-order valence-electron chi connectivity index (χ3n) is 3.68. The minimum Gasteiger partial charge on any atom is -0.350 e. The number of aromatic amines is 1. The summed E-state index contributed by atoms with van der Waals surface area (Å²) in [4.78, 5) is 11.8. The molecule has 106 valence electrons. The maximum absolute atomic E-state index is 12.0. The van der Waals surface area contributed by atoms with Crippen molar-refractivity contribution >= 4 is 25.6 Å². The second-order valence-electron chi connectivity index (χ2n) is 5.00. The minimum absolute atomic E-state index is 0.167. The molecular weight excluding hydrogens is 290 g/mol. The highest BCUT2D eigenvalue weighted by atomic mass is 35.7. The van der Waals surface area contributed by atoms with Gasteiger partial charge < -0.3 is 5.32 Å². The number of amides is 1. The molecule has 1 saturated carbocycles. The number of rotatable bonds is 5. The molecule has 8 heteroatoms. The van der Waals surface area contributed by atoms with E-state index in [0.717, 1.165) is 19.3 Å². The zero-order chi connectivity index (χ0) is 14.3. The third-order valence-corrected chi connectivity index (χ3v) is 5.13. The molecule has 19 heavy (non-hydrogen) atoms. The summed E-state index contributed by atoms with van der Waals surface area (Å²) in [5, 5.41) is 8.94. The predicted molar refractivity (Wildman–Crippen MR) is 70.7 cm³/mol. The van der Waals surface area contributed by atoms with Crippen molar-refractivity contribution < 1.29 is 13.2 Å². The Labute approximate surface area is 116 Å². The van der Waals surface area contributed by atoms with Crippen molar-refractivity contribution in [1.29, 1.82) is 0 Å². The first-order valence-electron chi connectivity index (χ1n) is 6.07. The van der Waals surface area contributed by atoms with Crippen molar-refractivity contribution in [2.75, 3.05) is 6.54 Å². The van der Waals surface area contributed by atoms with Crippen LogP contribution in [0.15, 0.2) is 4.90 Å². The smallest absolute Gasteiger partial charge is 0.273 e. The van der Waals surface area contributed by atoms with Crippen LogP contribution in [0.25, 0.3) is 0 Å². The van der Waals surface area contributed by atoms with Crippen LogP contribution in [-0.4, -0.2) is 31.1 Å². The maximum Gasteiger partial charge on any atom is 0.273 e. The Balaban J connectivity index is 2.16. The molecule has 1 amide bonds. The first-order valence-corrected chi connectivity index (χ1v) is 8.38. The molecule has 2 rings (SSSR count). The van der Waals surface area contributed by atoms with Crippen LogP contribution in [0.4, 0.5) is 0 Å². The predicted octanol–water partition coefficient (Wildman–Crippen LogP) is 1.57. The van der Waals surface area contributed by atoms with E-state index < -0.39 is 15.0 Å². The summed E-state index contributed by atoms with van der Waals surface area (Å²) < 4.78 is 22.9. The zero-order valence-electron chi connectivity index (χ0n) is 10.8. The van der Waals surface area contributed by atoms with Crippen LogP contribution < -0.4 is 5.32 Å². The van der Waals surface area contributed by atoms with Gasteiger partial charge in [-0.1, -0.05) is 6.92 Å². The molecule has 0 atom stereocenters. The summed E-state index contributed by atoms with van der Waals surface area (Å²) in [5.74, 6) is -0.511. The van der Waals surface area contributed by atoms with E-state index in [1.165, 1.54) is 6.92 Å². The number of nitrogens with zero attached hydrogens (tertiary/aromatic N) is 1. The number of H-pyrrole nitrogens is 1. The topological polar surface area (TPSA) is 91.9 Å². The highest BCUT2D eigenvalue weighted by Gasteiger charge is 2.41. The van der Waals surface area contributed by atoms with Gasteiger partial charge in [-0.3, -0.25) is 9.89 Å². The first-order chi connectivity index (χ1) is 8.79. The fraction of sp³-hybridized carbons (Fsp3) is 0.636. The van der Waals surface area contributed by atoms with Crippen LogP contribution in [0.1, 0.15) is 42.4 Å². The zero-order valence-corrected chi connectivity index (χ0v) is 12.4. The molecule has 6 nitrogen and oxygen atoms in total. The molecule has 0 bridgehead atoms. The molecule has 2 N–H and O–H groups in total. The molecule has 1 aromatic rings. The number of halogens is 1. The van der Waals surface area contributed by atoms with E-state index in [1.54, 1.807) is 0 Å². The summed E-state index contributed by atoms with van der Waals surface area (Å²) >= 11 is 0. The van der Waals surface area contributed by atoms with Gasteiger partial charge in [0.2, 0.25) is 0 Å². The minimum atomic E-state index is -3.99. The highest BCUT2D eigenvalue weighted by Crippen LogP contribution is 2.47. The van der Waals surface area contributed by atoms with Crippen molar-refractivity contribution in [3.63, 3.8) is 0 Å². The molecule has 0 unspecified atom stereocenters. The SMILES string of the molecule is CCC1(CNC(=O)c2n[nH]c(C)c2S(=O)(=O)Cl)CC1. The van der Waals surface area contributed by atoms with Gasteiger partial charge in [-0.2, -0.15) is 5.10 Å². The molecule has 1 aliphatic rings. The second kappa shape index (κ2) is 4.79. The monoisotopic (exact) mass is 305 g/mol. The van der Waals surface area contributed by atoms with Gasteiger partial charge in [-0.15, -0.1) is 0 Å². The lowest BCUT2D eigenvalue weighted by Gasteiger charge is -2.12. The second-order valence-corrected chi connectivity index (χ2v) is 7.50. The largest absolute Gasteiger partial charge is 0.350 e. The third kappa shape index (κ3) is 2.92. The number of aromatic nitrogens is 2. The van der Waals surface area contributed by atoms with Crippen LogP contribution >= 0.6 is 10.7 Å². The number of carbonyl (C=O) groups excluding carboxylic acids is 1. The van der Waals surface area contributed by atoms with Crippen molar-refractivity contribution in [3.8, 4) is 0 Å². The van der Waals surface area contributed by atoms with E-state index >= 15 is 0 Å². The summed E-state index contributed by atoms with van der Waals surface area (Å²) in [7, 11) is 1.32. The molecular formula is C11H16ClN3O3S. The fourth-order valence-electron chi connectivity index (χ4n) is 2.05. The molecule has 0 saturated heterocycles. The molecule has 0 aliphatic heterocycles. The summed E-state index contributed by atoms with van der Waals surface area (Å²) in [6.45, 7) is 4.12. The van der Waals surface area contributed by atoms with E-state index in [1.807, 2.05) is 0 Å². The number of hydrogen-bond acceptors (Lipinski definition) is 4. The Hall–Kier alpha value is -1.08. The van der Waals surface area contributed by atoms with E-state index in [-0.39, 0.29) is 21.7 Å². The number of hydrogen-bond donors (Lipinski definition) is 2. The fourth-order valence-corrected chi connectivity index (χ4v) is 3.40. The van der Waals surface area contributed by atoms with Crippen molar-refractivity contribution in [1.82, 2.24) is 15.5 Å². The Morgan fingerprint density at radius 3 is 2.63 bits per heavy atom. The van der Waals surface area contributed by atoms with Crippen LogP contribution in [-0.2, 0) is 9.05 Å². The lowest BCUT2D eigenvalue weighted by atomic mass is 10.0. The molecule has 1 heterocycles. The van der Waals surface area contributed by atoms with Crippen molar-refractivity contribution in [2.24, 2.45) is 5.41 Å². The van der Waals surface area contributed by atoms with Gasteiger partial charge in [0.05, 0.1) is 5.69 Å². The molecule has 0 spiro atoms. The molecule has 0 radical (unpaired) electrons. The Morgan fingerprint density at radius 1 is 1.53 bits per heavy atom. The van der Waals surface area contributed by atoms with Gasteiger partial charge in [0.1, 0.15) is 4.90 Å². The average molecular weight is 306 g/mol.